The zero-order valence-electron chi connectivity index (χ0n) is 9.56. The monoisotopic (exact) mass is 221 g/mol. The van der Waals surface area contributed by atoms with Gasteiger partial charge < -0.3 is 9.73 Å². The first-order chi connectivity index (χ1) is 7.93. The summed E-state index contributed by atoms with van der Waals surface area (Å²) < 4.78 is 5.24. The molecule has 0 saturated carbocycles. The van der Waals surface area contributed by atoms with E-state index in [1.165, 1.54) is 45.2 Å². The molecule has 4 heteroatoms. The molecular formula is C12H19N3O. The van der Waals surface area contributed by atoms with E-state index in [-0.39, 0.29) is 0 Å². The van der Waals surface area contributed by atoms with Crippen LogP contribution in [0.5, 0.6) is 0 Å². The normalized spacial score (nSPS) is 30.5. The summed E-state index contributed by atoms with van der Waals surface area (Å²) in [6, 6.07) is 1.40. The first kappa shape index (κ1) is 10.3. The minimum atomic E-state index is 0.644. The highest BCUT2D eigenvalue weighted by molar-refractivity contribution is 4.96. The second-order valence-electron chi connectivity index (χ2n) is 4.84. The highest BCUT2D eigenvalue weighted by Gasteiger charge is 2.34. The van der Waals surface area contributed by atoms with Gasteiger partial charge in [0.15, 0.2) is 6.39 Å². The Balaban J connectivity index is 1.55. The van der Waals surface area contributed by atoms with Gasteiger partial charge in [-0.3, -0.25) is 4.90 Å². The molecular weight excluding hydrogens is 202 g/mol. The molecule has 2 saturated heterocycles. The van der Waals surface area contributed by atoms with Crippen molar-refractivity contribution in [3.05, 3.63) is 18.4 Å². The predicted molar refractivity (Wildman–Crippen MR) is 61.0 cm³/mol. The van der Waals surface area contributed by atoms with Crippen molar-refractivity contribution in [2.75, 3.05) is 13.1 Å². The molecule has 1 aromatic heterocycles. The van der Waals surface area contributed by atoms with Crippen LogP contribution in [0.15, 0.2) is 17.0 Å². The van der Waals surface area contributed by atoms with Crippen LogP contribution >= 0.6 is 0 Å². The number of oxazole rings is 1. The molecule has 0 bridgehead atoms. The molecule has 1 N–H and O–H groups in total. The maximum absolute atomic E-state index is 5.24. The van der Waals surface area contributed by atoms with Crippen LogP contribution in [0.3, 0.4) is 0 Å². The fourth-order valence-electron chi connectivity index (χ4n) is 3.05. The van der Waals surface area contributed by atoms with Gasteiger partial charge in [0.2, 0.25) is 0 Å². The van der Waals surface area contributed by atoms with Crippen LogP contribution in [0.4, 0.5) is 0 Å². The number of rotatable bonds is 3. The van der Waals surface area contributed by atoms with E-state index in [0.29, 0.717) is 6.04 Å². The van der Waals surface area contributed by atoms with E-state index in [1.807, 2.05) is 0 Å². The van der Waals surface area contributed by atoms with Crippen LogP contribution in [0.2, 0.25) is 0 Å². The van der Waals surface area contributed by atoms with Gasteiger partial charge in [-0.2, -0.15) is 0 Å². The molecule has 2 aliphatic heterocycles. The zero-order valence-corrected chi connectivity index (χ0v) is 9.56. The highest BCUT2D eigenvalue weighted by atomic mass is 16.3. The lowest BCUT2D eigenvalue weighted by Gasteiger charge is -2.32. The summed E-state index contributed by atoms with van der Waals surface area (Å²) in [7, 11) is 0. The van der Waals surface area contributed by atoms with E-state index in [0.717, 1.165) is 18.3 Å². The van der Waals surface area contributed by atoms with Crippen LogP contribution in [-0.2, 0) is 6.54 Å². The maximum Gasteiger partial charge on any atom is 0.180 e. The van der Waals surface area contributed by atoms with Crippen molar-refractivity contribution in [2.45, 2.75) is 44.3 Å². The van der Waals surface area contributed by atoms with Gasteiger partial charge in [-0.05, 0) is 25.8 Å². The standard InChI is InChI=1S/C12H19N3O/c1-2-5-15-6-4-11(12(15)3-1)14-8-10-7-13-9-16-10/h7,9,11-12,14H,1-6,8H2. The number of nitrogens with one attached hydrogen (secondary N) is 1. The highest BCUT2D eigenvalue weighted by Crippen LogP contribution is 2.27. The average molecular weight is 221 g/mol. The van der Waals surface area contributed by atoms with Gasteiger partial charge in [0.05, 0.1) is 12.7 Å². The van der Waals surface area contributed by atoms with Crippen molar-refractivity contribution in [1.82, 2.24) is 15.2 Å². The Morgan fingerprint density at radius 1 is 1.38 bits per heavy atom. The summed E-state index contributed by atoms with van der Waals surface area (Å²) in [4.78, 5) is 6.57. The smallest absolute Gasteiger partial charge is 0.180 e. The van der Waals surface area contributed by atoms with Crippen LogP contribution in [-0.4, -0.2) is 35.1 Å². The molecule has 0 radical (unpaired) electrons. The minimum Gasteiger partial charge on any atom is -0.447 e. The van der Waals surface area contributed by atoms with E-state index in [9.17, 15) is 0 Å². The van der Waals surface area contributed by atoms with Gasteiger partial charge in [-0.1, -0.05) is 6.42 Å². The van der Waals surface area contributed by atoms with Crippen LogP contribution < -0.4 is 5.32 Å². The van der Waals surface area contributed by atoms with E-state index in [4.69, 9.17) is 4.42 Å². The van der Waals surface area contributed by atoms with E-state index in [1.54, 1.807) is 6.20 Å². The first-order valence-corrected chi connectivity index (χ1v) is 6.28. The number of hydrogen-bond acceptors (Lipinski definition) is 4. The molecule has 2 atom stereocenters. The Morgan fingerprint density at radius 2 is 2.38 bits per heavy atom. The molecule has 2 fully saturated rings. The van der Waals surface area contributed by atoms with Crippen molar-refractivity contribution in [3.63, 3.8) is 0 Å². The summed E-state index contributed by atoms with van der Waals surface area (Å²) >= 11 is 0. The summed E-state index contributed by atoms with van der Waals surface area (Å²) in [5.41, 5.74) is 0. The predicted octanol–water partition coefficient (Wildman–Crippen LogP) is 1.39. The number of piperidine rings is 1. The molecule has 2 unspecified atom stereocenters. The zero-order chi connectivity index (χ0) is 10.8. The summed E-state index contributed by atoms with van der Waals surface area (Å²) in [5.74, 6) is 0.939. The SMILES string of the molecule is c1ncc(CNC2CCN3CCCCC23)o1. The Kier molecular flexibility index (Phi) is 2.93. The summed E-state index contributed by atoms with van der Waals surface area (Å²) in [6.45, 7) is 3.37. The molecule has 0 aliphatic carbocycles. The van der Waals surface area contributed by atoms with Crippen molar-refractivity contribution >= 4 is 0 Å². The Morgan fingerprint density at radius 3 is 3.25 bits per heavy atom. The fraction of sp³-hybridized carbons (Fsp3) is 0.750. The lowest BCUT2D eigenvalue weighted by Crippen LogP contribution is -2.44. The van der Waals surface area contributed by atoms with Gasteiger partial charge in [-0.25, -0.2) is 4.98 Å². The molecule has 0 aromatic carbocycles. The number of nitrogens with zero attached hydrogens (tertiary/aromatic N) is 2. The van der Waals surface area contributed by atoms with Crippen molar-refractivity contribution in [3.8, 4) is 0 Å². The second-order valence-corrected chi connectivity index (χ2v) is 4.84. The molecule has 0 spiro atoms. The Labute approximate surface area is 96.0 Å². The summed E-state index contributed by atoms with van der Waals surface area (Å²) in [6.07, 6.45) is 8.69. The van der Waals surface area contributed by atoms with Gasteiger partial charge >= 0.3 is 0 Å². The van der Waals surface area contributed by atoms with E-state index >= 15 is 0 Å². The number of aromatic nitrogens is 1. The third-order valence-corrected chi connectivity index (χ3v) is 3.88. The molecule has 2 aliphatic rings. The van der Waals surface area contributed by atoms with Crippen LogP contribution in [0.1, 0.15) is 31.4 Å². The third kappa shape index (κ3) is 1.99. The van der Waals surface area contributed by atoms with Crippen LogP contribution in [0.25, 0.3) is 0 Å². The third-order valence-electron chi connectivity index (χ3n) is 3.88. The fourth-order valence-corrected chi connectivity index (χ4v) is 3.05. The number of hydrogen-bond donors (Lipinski definition) is 1. The van der Waals surface area contributed by atoms with Crippen molar-refractivity contribution in [1.29, 1.82) is 0 Å². The van der Waals surface area contributed by atoms with Gasteiger partial charge in [0.25, 0.3) is 0 Å². The average Bonchev–Trinajstić information content (AvgIpc) is 2.96. The van der Waals surface area contributed by atoms with E-state index < -0.39 is 0 Å². The lowest BCUT2D eigenvalue weighted by molar-refractivity contribution is 0.179. The molecule has 3 rings (SSSR count). The maximum atomic E-state index is 5.24. The largest absolute Gasteiger partial charge is 0.447 e. The van der Waals surface area contributed by atoms with Crippen molar-refractivity contribution < 1.29 is 4.42 Å². The Bertz CT molecular complexity index is 325. The molecule has 1 aromatic rings. The number of fused-ring (bicyclic) bond motifs is 1. The Hall–Kier alpha value is -0.870. The molecule has 4 nitrogen and oxygen atoms in total. The van der Waals surface area contributed by atoms with Crippen LogP contribution in [0, 0.1) is 0 Å². The molecule has 3 heterocycles. The minimum absolute atomic E-state index is 0.644. The van der Waals surface area contributed by atoms with Gasteiger partial charge in [-0.15, -0.1) is 0 Å². The van der Waals surface area contributed by atoms with Gasteiger partial charge in [0, 0.05) is 18.6 Å². The first-order valence-electron chi connectivity index (χ1n) is 6.28. The van der Waals surface area contributed by atoms with Gasteiger partial charge in [0.1, 0.15) is 5.76 Å². The molecule has 88 valence electrons. The van der Waals surface area contributed by atoms with Crippen molar-refractivity contribution in [2.24, 2.45) is 0 Å². The molecule has 0 amide bonds. The topological polar surface area (TPSA) is 41.3 Å². The summed E-state index contributed by atoms with van der Waals surface area (Å²) in [5, 5.41) is 3.61. The quantitative estimate of drug-likeness (QED) is 0.837. The lowest BCUT2D eigenvalue weighted by atomic mass is 9.99. The molecule has 16 heavy (non-hydrogen) atoms. The van der Waals surface area contributed by atoms with E-state index in [2.05, 4.69) is 15.2 Å². The second kappa shape index (κ2) is 4.55.